The quantitative estimate of drug-likeness (QED) is 0.155. The second kappa shape index (κ2) is 14.9. The Hall–Kier alpha value is -4.55. The Morgan fingerprint density at radius 3 is 2.15 bits per heavy atom. The zero-order chi connectivity index (χ0) is 35.3. The average Bonchev–Trinajstić information content (AvgIpc) is 2.96. The van der Waals surface area contributed by atoms with Crippen molar-refractivity contribution in [1.29, 1.82) is 0 Å². The third-order valence-corrected chi connectivity index (χ3v) is 7.11. The van der Waals surface area contributed by atoms with Crippen molar-refractivity contribution in [3.63, 3.8) is 0 Å². The number of esters is 1. The molecule has 47 heavy (non-hydrogen) atoms. The number of nitrogens with zero attached hydrogens (tertiary/aromatic N) is 2. The van der Waals surface area contributed by atoms with Crippen LogP contribution in [0.15, 0.2) is 47.4 Å². The zero-order valence-electron chi connectivity index (χ0n) is 27.4. The second-order valence-electron chi connectivity index (χ2n) is 13.0. The summed E-state index contributed by atoms with van der Waals surface area (Å²) in [4.78, 5) is 53.0. The van der Waals surface area contributed by atoms with Crippen LogP contribution in [-0.4, -0.2) is 45.7 Å². The first-order valence-corrected chi connectivity index (χ1v) is 15.0. The van der Waals surface area contributed by atoms with Crippen LogP contribution < -0.4 is 15.6 Å². The van der Waals surface area contributed by atoms with Crippen LogP contribution in [-0.2, 0) is 31.1 Å². The van der Waals surface area contributed by atoms with Gasteiger partial charge in [-0.1, -0.05) is 52.0 Å². The van der Waals surface area contributed by atoms with Crippen LogP contribution in [0.25, 0.3) is 0 Å². The van der Waals surface area contributed by atoms with Crippen LogP contribution in [0.4, 0.5) is 17.6 Å². The number of hydrogen-bond acceptors (Lipinski definition) is 7. The number of rotatable bonds is 12. The van der Waals surface area contributed by atoms with Gasteiger partial charge in [-0.2, -0.15) is 13.9 Å². The fourth-order valence-electron chi connectivity index (χ4n) is 4.93. The molecular weight excluding hydrogens is 622 g/mol. The third kappa shape index (κ3) is 9.49. The van der Waals surface area contributed by atoms with Crippen molar-refractivity contribution in [2.45, 2.75) is 90.8 Å². The number of carbonyl (C=O) groups is 3. The van der Waals surface area contributed by atoms with Crippen LogP contribution in [0.2, 0.25) is 0 Å². The molecule has 13 heteroatoms. The van der Waals surface area contributed by atoms with E-state index in [0.717, 1.165) is 11.1 Å². The Kier molecular flexibility index (Phi) is 11.7. The molecule has 254 valence electrons. The minimum absolute atomic E-state index is 0.0216. The summed E-state index contributed by atoms with van der Waals surface area (Å²) in [6.07, 6.45) is 0.769. The molecule has 1 amide bonds. The van der Waals surface area contributed by atoms with Crippen LogP contribution in [0.3, 0.4) is 0 Å². The van der Waals surface area contributed by atoms with Gasteiger partial charge < -0.3 is 14.8 Å². The van der Waals surface area contributed by atoms with Gasteiger partial charge in [-0.05, 0) is 49.8 Å². The summed E-state index contributed by atoms with van der Waals surface area (Å²) in [5, 5.41) is 6.62. The first-order chi connectivity index (χ1) is 21.8. The lowest BCUT2D eigenvalue weighted by molar-refractivity contribution is -0.156. The summed E-state index contributed by atoms with van der Waals surface area (Å²) in [7, 11) is 0. The van der Waals surface area contributed by atoms with Crippen LogP contribution in [0.5, 0.6) is 5.75 Å². The molecule has 0 unspecified atom stereocenters. The topological polar surface area (TPSA) is 117 Å². The van der Waals surface area contributed by atoms with Gasteiger partial charge in [-0.15, -0.1) is 0 Å². The van der Waals surface area contributed by atoms with Crippen molar-refractivity contribution in [3.8, 4) is 5.75 Å². The monoisotopic (exact) mass is 661 g/mol. The summed E-state index contributed by atoms with van der Waals surface area (Å²) in [6.45, 7) is 11.5. The van der Waals surface area contributed by atoms with Crippen molar-refractivity contribution in [1.82, 2.24) is 15.1 Å². The van der Waals surface area contributed by atoms with E-state index in [1.165, 1.54) is 16.9 Å². The maximum atomic E-state index is 14.1. The minimum atomic E-state index is -1.87. The van der Waals surface area contributed by atoms with E-state index >= 15 is 0 Å². The smallest absolute Gasteiger partial charge is 0.308 e. The molecular formula is C34H39F4N3O6. The number of ether oxygens (including phenoxy) is 2. The standard InChI is InChI=1S/C34H39F4N3O6/c1-8-20(21-13-14-39-41(32(21)45)17-19-11-9-10-12-22(19)33(2,3)4)31(44)40-25(16-27(43)47-34(5,6)7)26(42)18-46-30-28(37)23(35)15-24(36)29(30)38/h9-15,20,25H,8,16-18H2,1-7H3,(H,40,44)/t20-,25+/m1/s1. The Labute approximate surface area is 270 Å². The van der Waals surface area contributed by atoms with Gasteiger partial charge in [-0.25, -0.2) is 13.5 Å². The minimum Gasteiger partial charge on any atom is -0.479 e. The number of amides is 1. The van der Waals surface area contributed by atoms with Gasteiger partial charge in [0.1, 0.15) is 18.2 Å². The molecule has 0 radical (unpaired) electrons. The molecule has 1 heterocycles. The summed E-state index contributed by atoms with van der Waals surface area (Å²) in [5.74, 6) is -12.6. The third-order valence-electron chi connectivity index (χ3n) is 7.11. The van der Waals surface area contributed by atoms with Gasteiger partial charge in [0.2, 0.25) is 17.5 Å². The number of ketones is 1. The highest BCUT2D eigenvalue weighted by molar-refractivity contribution is 5.94. The number of Topliss-reactive ketones (excluding diaryl/α,β-unsaturated/α-hetero) is 1. The summed E-state index contributed by atoms with van der Waals surface area (Å²) < 4.78 is 66.8. The van der Waals surface area contributed by atoms with Gasteiger partial charge in [-0.3, -0.25) is 19.2 Å². The summed E-state index contributed by atoms with van der Waals surface area (Å²) >= 11 is 0. The lowest BCUT2D eigenvalue weighted by atomic mass is 9.84. The Balaban J connectivity index is 1.90. The Morgan fingerprint density at radius 1 is 0.957 bits per heavy atom. The van der Waals surface area contributed by atoms with Gasteiger partial charge in [0.15, 0.2) is 23.2 Å². The summed E-state index contributed by atoms with van der Waals surface area (Å²) in [5.41, 5.74) is 0.219. The van der Waals surface area contributed by atoms with Crippen LogP contribution in [0.1, 0.15) is 83.9 Å². The molecule has 0 aliphatic heterocycles. The van der Waals surface area contributed by atoms with Crippen molar-refractivity contribution in [2.24, 2.45) is 0 Å². The average molecular weight is 662 g/mol. The molecule has 0 spiro atoms. The van der Waals surface area contributed by atoms with Crippen molar-refractivity contribution < 1.29 is 41.4 Å². The molecule has 9 nitrogen and oxygen atoms in total. The molecule has 0 fully saturated rings. The lowest BCUT2D eigenvalue weighted by Crippen LogP contribution is -2.47. The van der Waals surface area contributed by atoms with E-state index in [1.807, 2.05) is 45.0 Å². The SMILES string of the molecule is CC[C@@H](C(=O)N[C@@H](CC(=O)OC(C)(C)C)C(=O)COc1c(F)c(F)cc(F)c1F)c1ccnn(Cc2ccccc2C(C)(C)C)c1=O. The summed E-state index contributed by atoms with van der Waals surface area (Å²) in [6, 6.07) is 7.31. The Morgan fingerprint density at radius 2 is 1.57 bits per heavy atom. The largest absolute Gasteiger partial charge is 0.479 e. The van der Waals surface area contributed by atoms with E-state index in [4.69, 9.17) is 9.47 Å². The first-order valence-electron chi connectivity index (χ1n) is 15.0. The van der Waals surface area contributed by atoms with E-state index in [0.29, 0.717) is 0 Å². The number of carbonyl (C=O) groups excluding carboxylic acids is 3. The lowest BCUT2D eigenvalue weighted by Gasteiger charge is -2.24. The normalized spacial score (nSPS) is 13.1. The highest BCUT2D eigenvalue weighted by atomic mass is 19.2. The van der Waals surface area contributed by atoms with Crippen molar-refractivity contribution >= 4 is 17.7 Å². The number of aromatic nitrogens is 2. The fourth-order valence-corrected chi connectivity index (χ4v) is 4.93. The number of halogens is 4. The Bertz CT molecular complexity index is 1670. The van der Waals surface area contributed by atoms with Crippen LogP contribution in [0, 0.1) is 23.3 Å². The predicted molar refractivity (Wildman–Crippen MR) is 165 cm³/mol. The van der Waals surface area contributed by atoms with Gasteiger partial charge >= 0.3 is 5.97 Å². The zero-order valence-corrected chi connectivity index (χ0v) is 27.4. The molecule has 0 saturated heterocycles. The van der Waals surface area contributed by atoms with Gasteiger partial charge in [0.05, 0.1) is 18.9 Å². The first kappa shape index (κ1) is 36.9. The molecule has 1 aromatic heterocycles. The molecule has 2 atom stereocenters. The van der Waals surface area contributed by atoms with Gasteiger partial charge in [0.25, 0.3) is 5.56 Å². The maximum Gasteiger partial charge on any atom is 0.308 e. The fraction of sp³-hybridized carbons (Fsp3) is 0.441. The van der Waals surface area contributed by atoms with E-state index in [1.54, 1.807) is 27.7 Å². The highest BCUT2D eigenvalue weighted by Gasteiger charge is 2.32. The molecule has 3 aromatic rings. The molecule has 0 aliphatic carbocycles. The second-order valence-corrected chi connectivity index (χ2v) is 13.0. The molecule has 1 N–H and O–H groups in total. The van der Waals surface area contributed by atoms with Crippen molar-refractivity contribution in [3.05, 3.63) is 92.9 Å². The molecule has 0 saturated carbocycles. The molecule has 0 bridgehead atoms. The number of nitrogens with one attached hydrogen (secondary N) is 1. The number of benzene rings is 2. The van der Waals surface area contributed by atoms with E-state index < -0.39 is 82.8 Å². The van der Waals surface area contributed by atoms with Crippen LogP contribution >= 0.6 is 0 Å². The van der Waals surface area contributed by atoms with E-state index in [-0.39, 0.29) is 30.0 Å². The van der Waals surface area contributed by atoms with E-state index in [2.05, 4.69) is 10.4 Å². The van der Waals surface area contributed by atoms with Crippen molar-refractivity contribution in [2.75, 3.05) is 6.61 Å². The highest BCUT2D eigenvalue weighted by Crippen LogP contribution is 2.28. The molecule has 0 aliphatic rings. The molecule has 3 rings (SSSR count). The predicted octanol–water partition coefficient (Wildman–Crippen LogP) is 5.50. The number of hydrogen-bond donors (Lipinski definition) is 1. The van der Waals surface area contributed by atoms with Gasteiger partial charge in [0, 0.05) is 17.8 Å². The molecule has 2 aromatic carbocycles. The van der Waals surface area contributed by atoms with E-state index in [9.17, 15) is 36.7 Å². The maximum absolute atomic E-state index is 14.1.